The lowest BCUT2D eigenvalue weighted by Crippen LogP contribution is -2.35. The molecule has 35 heavy (non-hydrogen) atoms. The van der Waals surface area contributed by atoms with E-state index in [2.05, 4.69) is 10.4 Å². The van der Waals surface area contributed by atoms with Crippen LogP contribution in [-0.4, -0.2) is 54.1 Å². The third-order valence-electron chi connectivity index (χ3n) is 5.94. The Balaban J connectivity index is 1.43. The van der Waals surface area contributed by atoms with Crippen molar-refractivity contribution in [3.8, 4) is 5.69 Å². The van der Waals surface area contributed by atoms with Gasteiger partial charge in [-0.2, -0.15) is 9.40 Å². The molecule has 2 aromatic carbocycles. The van der Waals surface area contributed by atoms with Gasteiger partial charge < -0.3 is 10.1 Å². The summed E-state index contributed by atoms with van der Waals surface area (Å²) in [7, 11) is -3.52. The van der Waals surface area contributed by atoms with Gasteiger partial charge in [0.1, 0.15) is 5.56 Å². The van der Waals surface area contributed by atoms with Gasteiger partial charge in [0.2, 0.25) is 10.0 Å². The maximum absolute atomic E-state index is 12.8. The standard InChI is InChI=1S/C25H28N4O5S/c1-3-34-25(31)23-17-26-29(18(23)2)21-11-7-19(8-12-21)24(30)27-20-9-13-22(14-10-20)35(32,33)28-15-5-4-6-16-28/h7-14,17H,3-6,15-16H2,1-2H3,(H,27,30). The topological polar surface area (TPSA) is 111 Å². The molecule has 1 N–H and O–H groups in total. The lowest BCUT2D eigenvalue weighted by atomic mass is 10.2. The van der Waals surface area contributed by atoms with Crippen LogP contribution >= 0.6 is 0 Å². The summed E-state index contributed by atoms with van der Waals surface area (Å²) >= 11 is 0. The number of amides is 1. The summed E-state index contributed by atoms with van der Waals surface area (Å²) in [5.41, 5.74) is 2.65. The largest absolute Gasteiger partial charge is 0.462 e. The number of anilines is 1. The van der Waals surface area contributed by atoms with Crippen molar-refractivity contribution in [3.05, 3.63) is 71.5 Å². The van der Waals surface area contributed by atoms with Crippen LogP contribution in [0, 0.1) is 6.92 Å². The highest BCUT2D eigenvalue weighted by Crippen LogP contribution is 2.22. The lowest BCUT2D eigenvalue weighted by Gasteiger charge is -2.25. The van der Waals surface area contributed by atoms with E-state index in [1.165, 1.54) is 22.6 Å². The van der Waals surface area contributed by atoms with E-state index in [1.807, 2.05) is 0 Å². The number of hydrogen-bond donors (Lipinski definition) is 1. The molecule has 0 aliphatic carbocycles. The molecule has 1 aromatic heterocycles. The maximum Gasteiger partial charge on any atom is 0.341 e. The number of ether oxygens (including phenoxy) is 1. The molecule has 2 heterocycles. The normalized spacial score (nSPS) is 14.5. The van der Waals surface area contributed by atoms with Crippen molar-refractivity contribution in [1.82, 2.24) is 14.1 Å². The molecule has 1 fully saturated rings. The third-order valence-corrected chi connectivity index (χ3v) is 7.86. The van der Waals surface area contributed by atoms with Crippen LogP contribution in [0.2, 0.25) is 0 Å². The number of piperidine rings is 1. The quantitative estimate of drug-likeness (QED) is 0.499. The van der Waals surface area contributed by atoms with Crippen LogP contribution in [0.1, 0.15) is 52.6 Å². The number of nitrogens with zero attached hydrogens (tertiary/aromatic N) is 3. The van der Waals surface area contributed by atoms with Gasteiger partial charge in [-0.25, -0.2) is 17.9 Å². The highest BCUT2D eigenvalue weighted by molar-refractivity contribution is 7.89. The number of rotatable bonds is 7. The molecular weight excluding hydrogens is 468 g/mol. The minimum atomic E-state index is -3.52. The first-order valence-electron chi connectivity index (χ1n) is 11.5. The number of carbonyl (C=O) groups is 2. The Morgan fingerprint density at radius 2 is 1.66 bits per heavy atom. The van der Waals surface area contributed by atoms with Gasteiger partial charge in [-0.05, 0) is 75.2 Å². The summed E-state index contributed by atoms with van der Waals surface area (Å²) < 4.78 is 33.7. The molecule has 9 nitrogen and oxygen atoms in total. The van der Waals surface area contributed by atoms with Crippen LogP contribution in [0.5, 0.6) is 0 Å². The minimum absolute atomic E-state index is 0.221. The Hall–Kier alpha value is -3.50. The zero-order chi connectivity index (χ0) is 25.0. The number of esters is 1. The smallest absolute Gasteiger partial charge is 0.341 e. The summed E-state index contributed by atoms with van der Waals surface area (Å²) in [5.74, 6) is -0.755. The molecule has 3 aromatic rings. The zero-order valence-electron chi connectivity index (χ0n) is 19.7. The fraction of sp³-hybridized carbons (Fsp3) is 0.320. The summed E-state index contributed by atoms with van der Waals surface area (Å²) in [4.78, 5) is 24.9. The first-order valence-corrected chi connectivity index (χ1v) is 13.0. The molecule has 0 spiro atoms. The molecule has 1 aliphatic heterocycles. The molecular formula is C25H28N4O5S. The van der Waals surface area contributed by atoms with Crippen LogP contribution < -0.4 is 5.32 Å². The van der Waals surface area contributed by atoms with Gasteiger partial charge >= 0.3 is 5.97 Å². The molecule has 1 aliphatic rings. The Kier molecular flexibility index (Phi) is 7.32. The average molecular weight is 497 g/mol. The maximum atomic E-state index is 12.8. The molecule has 1 amide bonds. The third kappa shape index (κ3) is 5.28. The number of nitrogens with one attached hydrogen (secondary N) is 1. The number of carbonyl (C=O) groups excluding carboxylic acids is 2. The molecule has 10 heteroatoms. The molecule has 0 radical (unpaired) electrons. The van der Waals surface area contributed by atoms with Crippen molar-refractivity contribution in [1.29, 1.82) is 0 Å². The van der Waals surface area contributed by atoms with E-state index in [9.17, 15) is 18.0 Å². The Bertz CT molecular complexity index is 1310. The highest BCUT2D eigenvalue weighted by Gasteiger charge is 2.25. The van der Waals surface area contributed by atoms with E-state index < -0.39 is 16.0 Å². The fourth-order valence-corrected chi connectivity index (χ4v) is 5.52. The van der Waals surface area contributed by atoms with Gasteiger partial charge in [0.15, 0.2) is 0 Å². The molecule has 184 valence electrons. The van der Waals surface area contributed by atoms with Crippen LogP contribution in [0.4, 0.5) is 5.69 Å². The molecule has 0 bridgehead atoms. The Labute approximate surface area is 204 Å². The summed E-state index contributed by atoms with van der Waals surface area (Å²) in [5, 5.41) is 7.05. The predicted octanol–water partition coefficient (Wildman–Crippen LogP) is 3.78. The number of aromatic nitrogens is 2. The monoisotopic (exact) mass is 496 g/mol. The molecule has 1 saturated heterocycles. The first-order chi connectivity index (χ1) is 16.8. The van der Waals surface area contributed by atoms with Crippen molar-refractivity contribution >= 4 is 27.6 Å². The molecule has 0 unspecified atom stereocenters. The molecule has 0 saturated carbocycles. The van der Waals surface area contributed by atoms with Crippen molar-refractivity contribution in [2.75, 3.05) is 25.0 Å². The second-order valence-corrected chi connectivity index (χ2v) is 10.2. The van der Waals surface area contributed by atoms with Gasteiger partial charge in [0.25, 0.3) is 5.91 Å². The summed E-state index contributed by atoms with van der Waals surface area (Å²) in [6, 6.07) is 13.0. The first kappa shape index (κ1) is 24.6. The van der Waals surface area contributed by atoms with E-state index in [0.29, 0.717) is 41.3 Å². The van der Waals surface area contributed by atoms with E-state index in [1.54, 1.807) is 54.9 Å². The van der Waals surface area contributed by atoms with Gasteiger partial charge in [-0.15, -0.1) is 0 Å². The van der Waals surface area contributed by atoms with Gasteiger partial charge in [-0.1, -0.05) is 6.42 Å². The van der Waals surface area contributed by atoms with E-state index >= 15 is 0 Å². The van der Waals surface area contributed by atoms with E-state index in [4.69, 9.17) is 4.74 Å². The van der Waals surface area contributed by atoms with Gasteiger partial charge in [-0.3, -0.25) is 4.79 Å². The Morgan fingerprint density at radius 3 is 2.29 bits per heavy atom. The van der Waals surface area contributed by atoms with Crippen molar-refractivity contribution in [2.24, 2.45) is 0 Å². The minimum Gasteiger partial charge on any atom is -0.462 e. The zero-order valence-corrected chi connectivity index (χ0v) is 20.5. The predicted molar refractivity (Wildman–Crippen MR) is 131 cm³/mol. The summed E-state index contributed by atoms with van der Waals surface area (Å²) in [6.07, 6.45) is 4.26. The molecule has 0 atom stereocenters. The van der Waals surface area contributed by atoms with Crippen molar-refractivity contribution in [2.45, 2.75) is 38.0 Å². The highest BCUT2D eigenvalue weighted by atomic mass is 32.2. The number of sulfonamides is 1. The van der Waals surface area contributed by atoms with Gasteiger partial charge in [0, 0.05) is 24.3 Å². The molecule has 4 rings (SSSR count). The van der Waals surface area contributed by atoms with E-state index in [0.717, 1.165) is 19.3 Å². The number of benzene rings is 2. The van der Waals surface area contributed by atoms with Crippen molar-refractivity contribution in [3.63, 3.8) is 0 Å². The summed E-state index contributed by atoms with van der Waals surface area (Å²) in [6.45, 7) is 4.88. The van der Waals surface area contributed by atoms with Crippen LogP contribution in [0.3, 0.4) is 0 Å². The number of hydrogen-bond acceptors (Lipinski definition) is 6. The van der Waals surface area contributed by atoms with Crippen LogP contribution in [-0.2, 0) is 14.8 Å². The fourth-order valence-electron chi connectivity index (χ4n) is 4.00. The Morgan fingerprint density at radius 1 is 1.00 bits per heavy atom. The van der Waals surface area contributed by atoms with Crippen LogP contribution in [0.15, 0.2) is 59.6 Å². The second kappa shape index (κ2) is 10.4. The average Bonchev–Trinajstić information content (AvgIpc) is 3.26. The van der Waals surface area contributed by atoms with Crippen LogP contribution in [0.25, 0.3) is 5.69 Å². The van der Waals surface area contributed by atoms with Gasteiger partial charge in [0.05, 0.1) is 29.1 Å². The SMILES string of the molecule is CCOC(=O)c1cnn(-c2ccc(C(=O)Nc3ccc(S(=O)(=O)N4CCCCC4)cc3)cc2)c1C. The van der Waals surface area contributed by atoms with E-state index in [-0.39, 0.29) is 17.4 Å². The van der Waals surface area contributed by atoms with Crippen molar-refractivity contribution < 1.29 is 22.7 Å². The second-order valence-electron chi connectivity index (χ2n) is 8.27. The lowest BCUT2D eigenvalue weighted by molar-refractivity contribution is 0.0525.